The van der Waals surface area contributed by atoms with E-state index in [0.717, 1.165) is 18.5 Å². The molecule has 18 heavy (non-hydrogen) atoms. The summed E-state index contributed by atoms with van der Waals surface area (Å²) in [4.78, 5) is 13.9. The van der Waals surface area contributed by atoms with Gasteiger partial charge in [0.2, 0.25) is 0 Å². The van der Waals surface area contributed by atoms with Gasteiger partial charge in [-0.05, 0) is 44.1 Å². The minimum Gasteiger partial charge on any atom is -0.351 e. The fraction of sp³-hybridized carbons (Fsp3) is 0.533. The van der Waals surface area contributed by atoms with Gasteiger partial charge in [0.05, 0.1) is 0 Å². The van der Waals surface area contributed by atoms with Crippen LogP contribution in [0.4, 0.5) is 0 Å². The van der Waals surface area contributed by atoms with Gasteiger partial charge in [-0.1, -0.05) is 26.0 Å². The van der Waals surface area contributed by atoms with Crippen LogP contribution in [-0.4, -0.2) is 38.0 Å². The van der Waals surface area contributed by atoms with E-state index in [1.165, 1.54) is 5.56 Å². The lowest BCUT2D eigenvalue weighted by molar-refractivity contribution is 0.0951. The standard InChI is InChI=1S/C15H24N2O/c1-5-12(2)13-6-8-14(9-7-13)15(18)16-10-11-17(3)4/h6-9,12H,5,10-11H2,1-4H3,(H,16,18). The second kappa shape index (κ2) is 7.17. The highest BCUT2D eigenvalue weighted by Gasteiger charge is 2.07. The second-order valence-corrected chi connectivity index (χ2v) is 4.99. The van der Waals surface area contributed by atoms with Crippen molar-refractivity contribution < 1.29 is 4.79 Å². The number of nitrogens with zero attached hydrogens (tertiary/aromatic N) is 1. The summed E-state index contributed by atoms with van der Waals surface area (Å²) in [6, 6.07) is 7.92. The fourth-order valence-corrected chi connectivity index (χ4v) is 1.69. The summed E-state index contributed by atoms with van der Waals surface area (Å²) in [5.74, 6) is 0.559. The van der Waals surface area contributed by atoms with Crippen molar-refractivity contribution in [1.29, 1.82) is 0 Å². The molecule has 0 radical (unpaired) electrons. The SMILES string of the molecule is CCC(C)c1ccc(C(=O)NCCN(C)C)cc1. The Balaban J connectivity index is 2.54. The quantitative estimate of drug-likeness (QED) is 0.839. The first-order valence-electron chi connectivity index (χ1n) is 6.57. The highest BCUT2D eigenvalue weighted by molar-refractivity contribution is 5.94. The Morgan fingerprint density at radius 2 is 1.89 bits per heavy atom. The van der Waals surface area contributed by atoms with Gasteiger partial charge in [0.15, 0.2) is 0 Å². The van der Waals surface area contributed by atoms with E-state index in [0.29, 0.717) is 12.5 Å². The monoisotopic (exact) mass is 248 g/mol. The summed E-state index contributed by atoms with van der Waals surface area (Å²) in [5.41, 5.74) is 2.03. The van der Waals surface area contributed by atoms with Gasteiger partial charge >= 0.3 is 0 Å². The number of hydrogen-bond acceptors (Lipinski definition) is 2. The second-order valence-electron chi connectivity index (χ2n) is 4.99. The van der Waals surface area contributed by atoms with Gasteiger partial charge < -0.3 is 10.2 Å². The van der Waals surface area contributed by atoms with E-state index in [9.17, 15) is 4.79 Å². The molecule has 0 aromatic heterocycles. The third-order valence-corrected chi connectivity index (χ3v) is 3.20. The summed E-state index contributed by atoms with van der Waals surface area (Å²) in [7, 11) is 3.99. The topological polar surface area (TPSA) is 32.3 Å². The maximum atomic E-state index is 11.8. The van der Waals surface area contributed by atoms with Gasteiger partial charge in [-0.25, -0.2) is 0 Å². The van der Waals surface area contributed by atoms with Crippen molar-refractivity contribution in [2.45, 2.75) is 26.2 Å². The fourth-order valence-electron chi connectivity index (χ4n) is 1.69. The highest BCUT2D eigenvalue weighted by atomic mass is 16.1. The highest BCUT2D eigenvalue weighted by Crippen LogP contribution is 2.18. The molecule has 1 N–H and O–H groups in total. The summed E-state index contributed by atoms with van der Waals surface area (Å²) >= 11 is 0. The van der Waals surface area contributed by atoms with E-state index in [4.69, 9.17) is 0 Å². The maximum Gasteiger partial charge on any atom is 0.251 e. The average molecular weight is 248 g/mol. The Labute approximate surface area is 110 Å². The zero-order valence-corrected chi connectivity index (χ0v) is 11.9. The molecule has 0 fully saturated rings. The first-order valence-corrected chi connectivity index (χ1v) is 6.57. The number of likely N-dealkylation sites (N-methyl/N-ethyl adjacent to an activating group) is 1. The van der Waals surface area contributed by atoms with Gasteiger partial charge in [0.25, 0.3) is 5.91 Å². The number of rotatable bonds is 6. The maximum absolute atomic E-state index is 11.8. The third kappa shape index (κ3) is 4.49. The predicted octanol–water partition coefficient (Wildman–Crippen LogP) is 2.49. The zero-order chi connectivity index (χ0) is 13.5. The first-order chi connectivity index (χ1) is 8.54. The molecule has 0 spiro atoms. The molecule has 100 valence electrons. The zero-order valence-electron chi connectivity index (χ0n) is 11.9. The van der Waals surface area contributed by atoms with Crippen LogP contribution < -0.4 is 5.32 Å². The molecule has 1 aromatic rings. The number of hydrogen-bond donors (Lipinski definition) is 1. The van der Waals surface area contributed by atoms with E-state index in [2.05, 4.69) is 31.3 Å². The number of benzene rings is 1. The minimum absolute atomic E-state index is 0.00699. The Morgan fingerprint density at radius 1 is 1.28 bits per heavy atom. The van der Waals surface area contributed by atoms with Crippen molar-refractivity contribution in [2.24, 2.45) is 0 Å². The van der Waals surface area contributed by atoms with Gasteiger partial charge in [0.1, 0.15) is 0 Å². The van der Waals surface area contributed by atoms with Crippen molar-refractivity contribution in [2.75, 3.05) is 27.2 Å². The molecule has 1 atom stereocenters. The lowest BCUT2D eigenvalue weighted by Gasteiger charge is -2.12. The van der Waals surface area contributed by atoms with Crippen LogP contribution in [0.2, 0.25) is 0 Å². The van der Waals surface area contributed by atoms with E-state index in [-0.39, 0.29) is 5.91 Å². The van der Waals surface area contributed by atoms with Gasteiger partial charge in [-0.15, -0.1) is 0 Å². The molecule has 1 amide bonds. The number of carbonyl (C=O) groups excluding carboxylic acids is 1. The largest absolute Gasteiger partial charge is 0.351 e. The molecular formula is C15H24N2O. The Bertz CT molecular complexity index is 371. The Kier molecular flexibility index (Phi) is 5.86. The van der Waals surface area contributed by atoms with Crippen LogP contribution >= 0.6 is 0 Å². The summed E-state index contributed by atoms with van der Waals surface area (Å²) in [6.45, 7) is 5.91. The third-order valence-electron chi connectivity index (χ3n) is 3.20. The van der Waals surface area contributed by atoms with Crippen molar-refractivity contribution in [3.05, 3.63) is 35.4 Å². The van der Waals surface area contributed by atoms with Gasteiger partial charge in [-0.3, -0.25) is 4.79 Å². The van der Waals surface area contributed by atoms with Crippen LogP contribution in [0.15, 0.2) is 24.3 Å². The van der Waals surface area contributed by atoms with E-state index in [1.807, 2.05) is 31.1 Å². The minimum atomic E-state index is 0.00699. The van der Waals surface area contributed by atoms with Crippen molar-refractivity contribution >= 4 is 5.91 Å². The van der Waals surface area contributed by atoms with E-state index < -0.39 is 0 Å². The Hall–Kier alpha value is -1.35. The summed E-state index contributed by atoms with van der Waals surface area (Å²) in [6.07, 6.45) is 1.12. The molecule has 1 unspecified atom stereocenters. The van der Waals surface area contributed by atoms with Crippen LogP contribution in [0.25, 0.3) is 0 Å². The normalized spacial score (nSPS) is 12.5. The van der Waals surface area contributed by atoms with Crippen LogP contribution in [0, 0.1) is 0 Å². The molecule has 0 aliphatic heterocycles. The Morgan fingerprint density at radius 3 is 2.39 bits per heavy atom. The molecular weight excluding hydrogens is 224 g/mol. The van der Waals surface area contributed by atoms with E-state index >= 15 is 0 Å². The summed E-state index contributed by atoms with van der Waals surface area (Å²) in [5, 5.41) is 2.91. The number of amides is 1. The van der Waals surface area contributed by atoms with Gasteiger partial charge in [0, 0.05) is 18.7 Å². The van der Waals surface area contributed by atoms with E-state index in [1.54, 1.807) is 0 Å². The summed E-state index contributed by atoms with van der Waals surface area (Å²) < 4.78 is 0. The molecule has 0 aliphatic carbocycles. The molecule has 0 aliphatic rings. The van der Waals surface area contributed by atoms with Crippen LogP contribution in [0.5, 0.6) is 0 Å². The van der Waals surface area contributed by atoms with Crippen LogP contribution in [0.1, 0.15) is 42.1 Å². The lowest BCUT2D eigenvalue weighted by Crippen LogP contribution is -2.31. The molecule has 3 nitrogen and oxygen atoms in total. The molecule has 3 heteroatoms. The molecule has 0 saturated carbocycles. The van der Waals surface area contributed by atoms with Gasteiger partial charge in [-0.2, -0.15) is 0 Å². The number of carbonyl (C=O) groups is 1. The van der Waals surface area contributed by atoms with Crippen LogP contribution in [-0.2, 0) is 0 Å². The predicted molar refractivity (Wildman–Crippen MR) is 76.0 cm³/mol. The van der Waals surface area contributed by atoms with Crippen LogP contribution in [0.3, 0.4) is 0 Å². The van der Waals surface area contributed by atoms with Crippen molar-refractivity contribution in [3.63, 3.8) is 0 Å². The molecule has 1 aromatic carbocycles. The molecule has 1 rings (SSSR count). The number of nitrogens with one attached hydrogen (secondary N) is 1. The van der Waals surface area contributed by atoms with Crippen molar-refractivity contribution in [3.8, 4) is 0 Å². The molecule has 0 bridgehead atoms. The average Bonchev–Trinajstić information content (AvgIpc) is 2.37. The molecule has 0 heterocycles. The lowest BCUT2D eigenvalue weighted by atomic mass is 9.97. The molecule has 0 saturated heterocycles. The first kappa shape index (κ1) is 14.7. The van der Waals surface area contributed by atoms with Crippen molar-refractivity contribution in [1.82, 2.24) is 10.2 Å². The smallest absolute Gasteiger partial charge is 0.251 e.